The molecular formula is C12H8O4Te. The molecule has 0 radical (unpaired) electrons. The Morgan fingerprint density at radius 1 is 0.529 bits per heavy atom. The van der Waals surface area contributed by atoms with Crippen molar-refractivity contribution in [2.24, 2.45) is 0 Å². The van der Waals surface area contributed by atoms with E-state index in [2.05, 4.69) is 0 Å². The van der Waals surface area contributed by atoms with Crippen LogP contribution in [0.15, 0.2) is 48.5 Å². The van der Waals surface area contributed by atoms with Crippen LogP contribution in [0.4, 0.5) is 0 Å². The number of rotatable bonds is 0. The number of hydrogen-bond acceptors (Lipinski definition) is 4. The van der Waals surface area contributed by atoms with E-state index in [1.165, 1.54) is 0 Å². The third-order valence-corrected chi connectivity index (χ3v) is 6.85. The second-order valence-electron chi connectivity index (χ2n) is 3.64. The molecule has 0 unspecified atom stereocenters. The maximum atomic E-state index is 5.76. The summed E-state index contributed by atoms with van der Waals surface area (Å²) in [7, 11) is 0. The van der Waals surface area contributed by atoms with Gasteiger partial charge < -0.3 is 0 Å². The summed E-state index contributed by atoms with van der Waals surface area (Å²) in [5.41, 5.74) is 0. The van der Waals surface area contributed by atoms with Crippen molar-refractivity contribution in [3.8, 4) is 23.0 Å². The van der Waals surface area contributed by atoms with E-state index in [1.807, 2.05) is 48.5 Å². The van der Waals surface area contributed by atoms with Crippen molar-refractivity contribution in [1.82, 2.24) is 0 Å². The molecule has 0 saturated carbocycles. The van der Waals surface area contributed by atoms with Gasteiger partial charge in [-0.15, -0.1) is 0 Å². The average Bonchev–Trinajstić information content (AvgIpc) is 2.87. The summed E-state index contributed by atoms with van der Waals surface area (Å²) in [6.07, 6.45) is 0. The molecule has 0 atom stereocenters. The molecule has 2 aromatic rings. The standard InChI is InChI=1S/C12H8O4Te/c1-2-6-10-9(5-1)13-17(14-10)15-11-7-3-4-8-12(11)16-17/h1-8H. The normalized spacial score (nSPS) is 19.3. The predicted octanol–water partition coefficient (Wildman–Crippen LogP) is 2.36. The van der Waals surface area contributed by atoms with E-state index < -0.39 is 19.8 Å². The van der Waals surface area contributed by atoms with Gasteiger partial charge in [0.15, 0.2) is 0 Å². The Balaban J connectivity index is 1.72. The number of benzene rings is 2. The summed E-state index contributed by atoms with van der Waals surface area (Å²) >= 11 is -3.66. The van der Waals surface area contributed by atoms with Crippen molar-refractivity contribution < 1.29 is 12.4 Å². The summed E-state index contributed by atoms with van der Waals surface area (Å²) in [4.78, 5) is 0. The van der Waals surface area contributed by atoms with Crippen molar-refractivity contribution in [2.45, 2.75) is 0 Å². The predicted molar refractivity (Wildman–Crippen MR) is 61.2 cm³/mol. The van der Waals surface area contributed by atoms with Gasteiger partial charge in [0.2, 0.25) is 0 Å². The van der Waals surface area contributed by atoms with E-state index >= 15 is 0 Å². The van der Waals surface area contributed by atoms with Crippen molar-refractivity contribution >= 4 is 19.8 Å². The van der Waals surface area contributed by atoms with Crippen LogP contribution in [-0.4, -0.2) is 19.8 Å². The first kappa shape index (κ1) is 9.46. The van der Waals surface area contributed by atoms with E-state index in [4.69, 9.17) is 12.4 Å². The van der Waals surface area contributed by atoms with Gasteiger partial charge in [0, 0.05) is 0 Å². The van der Waals surface area contributed by atoms with Gasteiger partial charge in [0.05, 0.1) is 0 Å². The molecule has 0 aromatic heterocycles. The van der Waals surface area contributed by atoms with E-state index in [-0.39, 0.29) is 0 Å². The molecule has 86 valence electrons. The van der Waals surface area contributed by atoms with E-state index in [0.717, 1.165) is 0 Å². The molecule has 0 amide bonds. The van der Waals surface area contributed by atoms with Crippen LogP contribution in [0.5, 0.6) is 23.0 Å². The first-order valence-electron chi connectivity index (χ1n) is 5.14. The van der Waals surface area contributed by atoms with Crippen LogP contribution in [0.25, 0.3) is 0 Å². The van der Waals surface area contributed by atoms with E-state index in [9.17, 15) is 0 Å². The fourth-order valence-corrected chi connectivity index (χ4v) is 6.38. The Kier molecular flexibility index (Phi) is 1.79. The molecule has 0 fully saturated rings. The van der Waals surface area contributed by atoms with Gasteiger partial charge in [-0.3, -0.25) is 0 Å². The Hall–Kier alpha value is -1.57. The van der Waals surface area contributed by atoms with Crippen LogP contribution < -0.4 is 12.4 Å². The Morgan fingerprint density at radius 2 is 0.824 bits per heavy atom. The molecule has 2 heterocycles. The molecule has 4 rings (SSSR count). The molecule has 2 aromatic carbocycles. The number of hydrogen-bond donors (Lipinski definition) is 0. The SMILES string of the molecule is c1ccc2c(c1)O[Te]1(O2)Oc2ccccc2O1. The molecule has 0 aliphatic carbocycles. The summed E-state index contributed by atoms with van der Waals surface area (Å²) in [5, 5.41) is 0. The van der Waals surface area contributed by atoms with Crippen LogP contribution >= 0.6 is 0 Å². The van der Waals surface area contributed by atoms with Gasteiger partial charge in [-0.2, -0.15) is 0 Å². The maximum absolute atomic E-state index is 5.76. The summed E-state index contributed by atoms with van der Waals surface area (Å²) < 4.78 is 23.0. The second kappa shape index (κ2) is 3.22. The van der Waals surface area contributed by atoms with Gasteiger partial charge >= 0.3 is 104 Å². The first-order chi connectivity index (χ1) is 8.35. The van der Waals surface area contributed by atoms with Gasteiger partial charge in [0.1, 0.15) is 0 Å². The summed E-state index contributed by atoms with van der Waals surface area (Å²) in [6.45, 7) is 0. The van der Waals surface area contributed by atoms with Crippen molar-refractivity contribution in [1.29, 1.82) is 0 Å². The van der Waals surface area contributed by atoms with Crippen molar-refractivity contribution in [2.75, 3.05) is 0 Å². The second-order valence-corrected chi connectivity index (χ2v) is 7.87. The molecule has 1 spiro atoms. The molecule has 0 bridgehead atoms. The Labute approximate surface area is 104 Å². The van der Waals surface area contributed by atoms with Crippen molar-refractivity contribution in [3.05, 3.63) is 48.5 Å². The first-order valence-corrected chi connectivity index (χ1v) is 8.94. The minimum absolute atomic E-state index is 0.696. The topological polar surface area (TPSA) is 36.9 Å². The molecule has 4 nitrogen and oxygen atoms in total. The van der Waals surface area contributed by atoms with Gasteiger partial charge in [-0.1, -0.05) is 0 Å². The molecule has 2 aliphatic rings. The van der Waals surface area contributed by atoms with Crippen LogP contribution in [0.1, 0.15) is 0 Å². The average molecular weight is 344 g/mol. The Bertz CT molecular complexity index is 492. The van der Waals surface area contributed by atoms with E-state index in [1.54, 1.807) is 0 Å². The fraction of sp³-hybridized carbons (Fsp3) is 0. The third kappa shape index (κ3) is 1.36. The zero-order valence-electron chi connectivity index (χ0n) is 8.66. The Morgan fingerprint density at radius 3 is 1.12 bits per heavy atom. The molecular weight excluding hydrogens is 336 g/mol. The minimum atomic E-state index is -3.66. The number of para-hydroxylation sites is 4. The van der Waals surface area contributed by atoms with E-state index in [0.29, 0.717) is 23.0 Å². The van der Waals surface area contributed by atoms with Crippen LogP contribution in [0.2, 0.25) is 0 Å². The van der Waals surface area contributed by atoms with Gasteiger partial charge in [-0.25, -0.2) is 0 Å². The quantitative estimate of drug-likeness (QED) is 0.688. The summed E-state index contributed by atoms with van der Waals surface area (Å²) in [6, 6.07) is 15.0. The molecule has 17 heavy (non-hydrogen) atoms. The van der Waals surface area contributed by atoms with Crippen LogP contribution in [0.3, 0.4) is 0 Å². The molecule has 0 saturated heterocycles. The zero-order valence-corrected chi connectivity index (χ0v) is 11.0. The monoisotopic (exact) mass is 346 g/mol. The molecule has 5 heteroatoms. The number of fused-ring (bicyclic) bond motifs is 2. The summed E-state index contributed by atoms with van der Waals surface area (Å²) in [5.74, 6) is 2.78. The fourth-order valence-electron chi connectivity index (χ4n) is 1.72. The molecule has 0 N–H and O–H groups in total. The zero-order chi connectivity index (χ0) is 11.3. The molecule has 2 aliphatic heterocycles. The van der Waals surface area contributed by atoms with Crippen molar-refractivity contribution in [3.63, 3.8) is 0 Å². The van der Waals surface area contributed by atoms with Gasteiger partial charge in [-0.05, 0) is 0 Å². The van der Waals surface area contributed by atoms with Gasteiger partial charge in [0.25, 0.3) is 0 Å². The van der Waals surface area contributed by atoms with Crippen LogP contribution in [0, 0.1) is 0 Å². The third-order valence-electron chi connectivity index (χ3n) is 2.47. The van der Waals surface area contributed by atoms with Crippen LogP contribution in [-0.2, 0) is 0 Å².